The van der Waals surface area contributed by atoms with Gasteiger partial charge in [0.1, 0.15) is 12.4 Å². The summed E-state index contributed by atoms with van der Waals surface area (Å²) in [6, 6.07) is 6.51. The van der Waals surface area contributed by atoms with Crippen molar-refractivity contribution in [2.24, 2.45) is 0 Å². The van der Waals surface area contributed by atoms with Crippen LogP contribution in [0.15, 0.2) is 18.2 Å². The normalized spacial score (nSPS) is 11.6. The summed E-state index contributed by atoms with van der Waals surface area (Å²) in [5.41, 5.74) is 2.84. The first kappa shape index (κ1) is 15.0. The lowest BCUT2D eigenvalue weighted by atomic mass is 9.90. The highest BCUT2D eigenvalue weighted by Crippen LogP contribution is 2.29. The van der Waals surface area contributed by atoms with Crippen molar-refractivity contribution in [3.63, 3.8) is 0 Å². The number of nitrogens with zero attached hydrogens (tertiary/aromatic N) is 1. The molecule has 0 spiro atoms. The van der Waals surface area contributed by atoms with Crippen molar-refractivity contribution in [3.8, 4) is 5.75 Å². The second kappa shape index (κ2) is 6.79. The Morgan fingerprint density at radius 3 is 2.11 bits per heavy atom. The number of ether oxygens (including phenoxy) is 1. The number of likely N-dealkylation sites (N-methyl/N-ethyl adjacent to an activating group) is 1. The zero-order valence-electron chi connectivity index (χ0n) is 12.7. The Kier molecular flexibility index (Phi) is 5.67. The molecule has 1 aromatic carbocycles. The SMILES string of the molecule is CC(C)c1ccc(OCCN(C)C)cc1C(C)C. The van der Waals surface area contributed by atoms with Crippen molar-refractivity contribution in [1.29, 1.82) is 0 Å². The number of rotatable bonds is 6. The Labute approximate surface area is 112 Å². The van der Waals surface area contributed by atoms with Crippen LogP contribution in [0.5, 0.6) is 5.75 Å². The van der Waals surface area contributed by atoms with Gasteiger partial charge >= 0.3 is 0 Å². The maximum absolute atomic E-state index is 5.80. The Balaban J connectivity index is 2.80. The third-order valence-electron chi connectivity index (χ3n) is 3.11. The summed E-state index contributed by atoms with van der Waals surface area (Å²) in [5.74, 6) is 2.10. The molecule has 2 nitrogen and oxygen atoms in total. The summed E-state index contributed by atoms with van der Waals surface area (Å²) in [6.07, 6.45) is 0. The average Bonchev–Trinajstić information content (AvgIpc) is 2.28. The zero-order valence-corrected chi connectivity index (χ0v) is 12.7. The molecule has 0 fully saturated rings. The second-order valence-corrected chi connectivity index (χ2v) is 5.75. The largest absolute Gasteiger partial charge is 0.492 e. The summed E-state index contributed by atoms with van der Waals surface area (Å²) in [6.45, 7) is 10.7. The molecule has 0 unspecified atom stereocenters. The Hall–Kier alpha value is -1.02. The number of hydrogen-bond acceptors (Lipinski definition) is 2. The van der Waals surface area contributed by atoms with Crippen LogP contribution in [0.2, 0.25) is 0 Å². The molecule has 18 heavy (non-hydrogen) atoms. The lowest BCUT2D eigenvalue weighted by Crippen LogP contribution is -2.19. The molecule has 0 amide bonds. The lowest BCUT2D eigenvalue weighted by molar-refractivity contribution is 0.261. The molecule has 1 rings (SSSR count). The molecule has 0 saturated heterocycles. The Morgan fingerprint density at radius 1 is 1.00 bits per heavy atom. The minimum atomic E-state index is 0.541. The van der Waals surface area contributed by atoms with E-state index in [0.717, 1.165) is 18.9 Å². The third-order valence-corrected chi connectivity index (χ3v) is 3.11. The fourth-order valence-electron chi connectivity index (χ4n) is 2.01. The molecule has 0 heterocycles. The van der Waals surface area contributed by atoms with Crippen LogP contribution in [-0.2, 0) is 0 Å². The van der Waals surface area contributed by atoms with E-state index < -0.39 is 0 Å². The summed E-state index contributed by atoms with van der Waals surface area (Å²) in [7, 11) is 4.12. The molecule has 1 aromatic rings. The maximum atomic E-state index is 5.80. The summed E-state index contributed by atoms with van der Waals surface area (Å²) < 4.78 is 5.80. The van der Waals surface area contributed by atoms with Gasteiger partial charge in [0.15, 0.2) is 0 Å². The summed E-state index contributed by atoms with van der Waals surface area (Å²) >= 11 is 0. The first-order valence-corrected chi connectivity index (χ1v) is 6.83. The Morgan fingerprint density at radius 2 is 1.61 bits per heavy atom. The highest BCUT2D eigenvalue weighted by Gasteiger charge is 2.11. The fourth-order valence-corrected chi connectivity index (χ4v) is 2.01. The topological polar surface area (TPSA) is 12.5 Å². The van der Waals surface area contributed by atoms with Gasteiger partial charge in [-0.05, 0) is 49.2 Å². The van der Waals surface area contributed by atoms with Gasteiger partial charge in [-0.15, -0.1) is 0 Å². The van der Waals surface area contributed by atoms with E-state index in [1.165, 1.54) is 11.1 Å². The van der Waals surface area contributed by atoms with Crippen LogP contribution in [0.25, 0.3) is 0 Å². The van der Waals surface area contributed by atoms with E-state index >= 15 is 0 Å². The van der Waals surface area contributed by atoms with Crippen LogP contribution in [0, 0.1) is 0 Å². The predicted octanol–water partition coefficient (Wildman–Crippen LogP) is 3.87. The minimum absolute atomic E-state index is 0.541. The Bertz CT molecular complexity index is 369. The maximum Gasteiger partial charge on any atom is 0.119 e. The first-order chi connectivity index (χ1) is 8.41. The standard InChI is InChI=1S/C16H27NO/c1-12(2)15-8-7-14(11-16(15)13(3)4)18-10-9-17(5)6/h7-8,11-13H,9-10H2,1-6H3. The van der Waals surface area contributed by atoms with E-state index in [1.807, 2.05) is 0 Å². The minimum Gasteiger partial charge on any atom is -0.492 e. The smallest absolute Gasteiger partial charge is 0.119 e. The van der Waals surface area contributed by atoms with Gasteiger partial charge in [0, 0.05) is 6.54 Å². The van der Waals surface area contributed by atoms with Crippen LogP contribution < -0.4 is 4.74 Å². The van der Waals surface area contributed by atoms with Gasteiger partial charge in [0.2, 0.25) is 0 Å². The van der Waals surface area contributed by atoms with Gasteiger partial charge in [-0.2, -0.15) is 0 Å². The van der Waals surface area contributed by atoms with Crippen LogP contribution in [0.1, 0.15) is 50.7 Å². The van der Waals surface area contributed by atoms with E-state index in [-0.39, 0.29) is 0 Å². The zero-order chi connectivity index (χ0) is 13.7. The van der Waals surface area contributed by atoms with Crippen molar-refractivity contribution >= 4 is 0 Å². The molecule has 2 heteroatoms. The van der Waals surface area contributed by atoms with Crippen LogP contribution in [0.4, 0.5) is 0 Å². The molecular weight excluding hydrogens is 222 g/mol. The highest BCUT2D eigenvalue weighted by molar-refractivity contribution is 5.39. The van der Waals surface area contributed by atoms with E-state index in [2.05, 4.69) is 64.9 Å². The highest BCUT2D eigenvalue weighted by atomic mass is 16.5. The van der Waals surface area contributed by atoms with Gasteiger partial charge in [-0.25, -0.2) is 0 Å². The van der Waals surface area contributed by atoms with Crippen LogP contribution in [-0.4, -0.2) is 32.1 Å². The van der Waals surface area contributed by atoms with Crippen molar-refractivity contribution in [2.75, 3.05) is 27.2 Å². The van der Waals surface area contributed by atoms with Crippen molar-refractivity contribution < 1.29 is 4.74 Å². The summed E-state index contributed by atoms with van der Waals surface area (Å²) in [4.78, 5) is 2.13. The van der Waals surface area contributed by atoms with E-state index in [4.69, 9.17) is 4.74 Å². The van der Waals surface area contributed by atoms with E-state index in [0.29, 0.717) is 11.8 Å². The van der Waals surface area contributed by atoms with Crippen molar-refractivity contribution in [2.45, 2.75) is 39.5 Å². The van der Waals surface area contributed by atoms with Crippen molar-refractivity contribution in [1.82, 2.24) is 4.90 Å². The molecule has 0 aromatic heterocycles. The van der Waals surface area contributed by atoms with E-state index in [1.54, 1.807) is 0 Å². The van der Waals surface area contributed by atoms with Crippen molar-refractivity contribution in [3.05, 3.63) is 29.3 Å². The molecule has 102 valence electrons. The van der Waals surface area contributed by atoms with Crippen LogP contribution >= 0.6 is 0 Å². The molecule has 0 bridgehead atoms. The fraction of sp³-hybridized carbons (Fsp3) is 0.625. The van der Waals surface area contributed by atoms with Gasteiger partial charge in [0.25, 0.3) is 0 Å². The third kappa shape index (κ3) is 4.34. The molecule has 0 aliphatic rings. The molecule has 0 N–H and O–H groups in total. The lowest BCUT2D eigenvalue weighted by Gasteiger charge is -2.18. The van der Waals surface area contributed by atoms with Crippen LogP contribution in [0.3, 0.4) is 0 Å². The summed E-state index contributed by atoms with van der Waals surface area (Å²) in [5, 5.41) is 0. The van der Waals surface area contributed by atoms with Gasteiger partial charge in [0.05, 0.1) is 0 Å². The number of hydrogen-bond donors (Lipinski definition) is 0. The average molecular weight is 249 g/mol. The van der Waals surface area contributed by atoms with Gasteiger partial charge in [-0.1, -0.05) is 33.8 Å². The quantitative estimate of drug-likeness (QED) is 0.758. The monoisotopic (exact) mass is 249 g/mol. The second-order valence-electron chi connectivity index (χ2n) is 5.75. The van der Waals surface area contributed by atoms with Gasteiger partial charge in [-0.3, -0.25) is 0 Å². The van der Waals surface area contributed by atoms with Gasteiger partial charge < -0.3 is 9.64 Å². The molecule has 0 radical (unpaired) electrons. The molecular formula is C16H27NO. The number of benzene rings is 1. The first-order valence-electron chi connectivity index (χ1n) is 6.83. The van der Waals surface area contributed by atoms with E-state index in [9.17, 15) is 0 Å². The molecule has 0 aliphatic carbocycles. The molecule has 0 saturated carbocycles. The molecule has 0 aliphatic heterocycles. The predicted molar refractivity (Wildman–Crippen MR) is 78.7 cm³/mol. The molecule has 0 atom stereocenters.